The Kier molecular flexibility index (Phi) is 46.2. The molecule has 2 unspecified atom stereocenters. The van der Waals surface area contributed by atoms with Gasteiger partial charge in [0.05, 0.1) is 18.8 Å². The van der Waals surface area contributed by atoms with Gasteiger partial charge in [0.25, 0.3) is 0 Å². The largest absolute Gasteiger partial charge is 0.396 e. The summed E-state index contributed by atoms with van der Waals surface area (Å²) in [6, 6.07) is -0.621. The Balaban J connectivity index is 3.43. The molecule has 0 fully saturated rings. The monoisotopic (exact) mass is 776 g/mol. The third-order valence-electron chi connectivity index (χ3n) is 11.5. The van der Waals surface area contributed by atoms with Gasteiger partial charge in [-0.15, -0.1) is 0 Å². The van der Waals surface area contributed by atoms with Crippen LogP contribution in [0.2, 0.25) is 0 Å². The van der Waals surface area contributed by atoms with Crippen LogP contribution in [0.4, 0.5) is 0 Å². The number of nitrogens with one attached hydrogen (secondary N) is 1. The van der Waals surface area contributed by atoms with E-state index >= 15 is 0 Å². The molecule has 0 saturated heterocycles. The van der Waals surface area contributed by atoms with Gasteiger partial charge in [0.15, 0.2) is 0 Å². The molecule has 55 heavy (non-hydrogen) atoms. The van der Waals surface area contributed by atoms with Gasteiger partial charge >= 0.3 is 0 Å². The zero-order valence-corrected chi connectivity index (χ0v) is 36.9. The van der Waals surface area contributed by atoms with Crippen molar-refractivity contribution >= 4 is 5.91 Å². The summed E-state index contributed by atoms with van der Waals surface area (Å²) < 4.78 is 0. The van der Waals surface area contributed by atoms with E-state index < -0.39 is 12.1 Å². The smallest absolute Gasteiger partial charge is 0.220 e. The molecule has 4 N–H and O–H groups in total. The summed E-state index contributed by atoms with van der Waals surface area (Å²) in [5.41, 5.74) is 0. The molecule has 0 rings (SSSR count). The van der Waals surface area contributed by atoms with Gasteiger partial charge in [0.1, 0.15) is 0 Å². The molecule has 0 spiro atoms. The van der Waals surface area contributed by atoms with Crippen LogP contribution < -0.4 is 5.32 Å². The molecule has 0 aromatic carbocycles. The SMILES string of the molecule is CCCCCCCCCCCCCC=CC(O)C(CO)NC(=O)CCCCCCCCCCCCCCCCCCCCCC=CCCCCCCCCO. The molecular formula is C50H97NO4. The standard InChI is InChI=1S/C50H97NO4/c1-2-3-4-5-6-7-8-26-29-32-35-38-41-44-49(54)48(47-53)51-50(55)45-42-39-36-33-30-27-24-22-20-18-16-14-12-10-9-11-13-15-17-19-21-23-25-28-31-34-37-40-43-46-52/h21,23,41,44,48-49,52-54H,2-20,22,24-40,42-43,45-47H2,1H3,(H,51,55). The average molecular weight is 776 g/mol. The molecule has 0 heterocycles. The van der Waals surface area contributed by atoms with Crippen LogP contribution in [-0.4, -0.2) is 46.6 Å². The average Bonchev–Trinajstić information content (AvgIpc) is 3.19. The fourth-order valence-electron chi connectivity index (χ4n) is 7.68. The third kappa shape index (κ3) is 43.8. The molecule has 5 nitrogen and oxygen atoms in total. The fraction of sp³-hybridized carbons (Fsp3) is 0.900. The quantitative estimate of drug-likeness (QED) is 0.0366. The zero-order chi connectivity index (χ0) is 40.0. The minimum atomic E-state index is -0.838. The molecule has 5 heteroatoms. The summed E-state index contributed by atoms with van der Waals surface area (Å²) in [5, 5.41) is 31.8. The summed E-state index contributed by atoms with van der Waals surface area (Å²) in [6.07, 6.45) is 58.9. The van der Waals surface area contributed by atoms with Gasteiger partial charge in [-0.3, -0.25) is 4.79 Å². The van der Waals surface area contributed by atoms with E-state index in [9.17, 15) is 15.0 Å². The van der Waals surface area contributed by atoms with E-state index in [1.807, 2.05) is 6.08 Å². The second-order valence-electron chi connectivity index (χ2n) is 17.0. The molecule has 0 radical (unpaired) electrons. The highest BCUT2D eigenvalue weighted by Gasteiger charge is 2.18. The summed E-state index contributed by atoms with van der Waals surface area (Å²) >= 11 is 0. The van der Waals surface area contributed by atoms with Crippen molar-refractivity contribution in [3.63, 3.8) is 0 Å². The van der Waals surface area contributed by atoms with Gasteiger partial charge in [-0.2, -0.15) is 0 Å². The number of carbonyl (C=O) groups is 1. The maximum Gasteiger partial charge on any atom is 0.220 e. The van der Waals surface area contributed by atoms with Crippen molar-refractivity contribution in [3.05, 3.63) is 24.3 Å². The first-order chi connectivity index (χ1) is 27.2. The van der Waals surface area contributed by atoms with Gasteiger partial charge in [-0.1, -0.05) is 230 Å². The Morgan fingerprint density at radius 1 is 0.436 bits per heavy atom. The normalized spacial score (nSPS) is 13.0. The number of carbonyl (C=O) groups excluding carboxylic acids is 1. The molecule has 0 aliphatic rings. The molecule has 0 aliphatic carbocycles. The molecule has 0 aromatic heterocycles. The Labute approximate surface area is 343 Å². The number of unbranched alkanes of at least 4 members (excludes halogenated alkanes) is 36. The van der Waals surface area contributed by atoms with Crippen molar-refractivity contribution in [1.82, 2.24) is 5.32 Å². The van der Waals surface area contributed by atoms with Gasteiger partial charge in [-0.25, -0.2) is 0 Å². The van der Waals surface area contributed by atoms with Crippen LogP contribution in [0.3, 0.4) is 0 Å². The van der Waals surface area contributed by atoms with E-state index in [1.54, 1.807) is 6.08 Å². The highest BCUT2D eigenvalue weighted by molar-refractivity contribution is 5.76. The lowest BCUT2D eigenvalue weighted by Gasteiger charge is -2.20. The maximum atomic E-state index is 12.4. The van der Waals surface area contributed by atoms with E-state index in [-0.39, 0.29) is 12.5 Å². The summed E-state index contributed by atoms with van der Waals surface area (Å²) in [4.78, 5) is 12.4. The van der Waals surface area contributed by atoms with Gasteiger partial charge < -0.3 is 20.6 Å². The molecule has 0 aromatic rings. The Bertz CT molecular complexity index is 799. The van der Waals surface area contributed by atoms with Crippen LogP contribution >= 0.6 is 0 Å². The molecule has 0 bridgehead atoms. The number of rotatable bonds is 46. The minimum absolute atomic E-state index is 0.0637. The van der Waals surface area contributed by atoms with Crippen LogP contribution in [0.1, 0.15) is 264 Å². The van der Waals surface area contributed by atoms with E-state index in [2.05, 4.69) is 24.4 Å². The van der Waals surface area contributed by atoms with Crippen molar-refractivity contribution < 1.29 is 20.1 Å². The third-order valence-corrected chi connectivity index (χ3v) is 11.5. The highest BCUT2D eigenvalue weighted by atomic mass is 16.3. The van der Waals surface area contributed by atoms with Gasteiger partial charge in [0, 0.05) is 13.0 Å². The predicted octanol–water partition coefficient (Wildman–Crippen LogP) is 14.6. The number of hydrogen-bond acceptors (Lipinski definition) is 4. The Morgan fingerprint density at radius 3 is 1.09 bits per heavy atom. The minimum Gasteiger partial charge on any atom is -0.396 e. The van der Waals surface area contributed by atoms with Crippen molar-refractivity contribution in [3.8, 4) is 0 Å². The van der Waals surface area contributed by atoms with Crippen molar-refractivity contribution in [1.29, 1.82) is 0 Å². The lowest BCUT2D eigenvalue weighted by Crippen LogP contribution is -2.45. The van der Waals surface area contributed by atoms with Gasteiger partial charge in [0.2, 0.25) is 5.91 Å². The van der Waals surface area contributed by atoms with Crippen LogP contribution in [0.5, 0.6) is 0 Å². The van der Waals surface area contributed by atoms with Crippen LogP contribution in [0.25, 0.3) is 0 Å². The summed E-state index contributed by atoms with van der Waals surface area (Å²) in [5.74, 6) is -0.0637. The molecule has 326 valence electrons. The fourth-order valence-corrected chi connectivity index (χ4v) is 7.68. The summed E-state index contributed by atoms with van der Waals surface area (Å²) in [6.45, 7) is 2.37. The first kappa shape index (κ1) is 53.8. The van der Waals surface area contributed by atoms with Gasteiger partial charge in [-0.05, 0) is 51.4 Å². The predicted molar refractivity (Wildman–Crippen MR) is 241 cm³/mol. The first-order valence-electron chi connectivity index (χ1n) is 24.7. The number of aliphatic hydroxyl groups excluding tert-OH is 3. The molecule has 0 aliphatic heterocycles. The second kappa shape index (κ2) is 47.2. The molecule has 1 amide bonds. The highest BCUT2D eigenvalue weighted by Crippen LogP contribution is 2.16. The number of amides is 1. The van der Waals surface area contributed by atoms with Crippen LogP contribution in [0, 0.1) is 0 Å². The van der Waals surface area contributed by atoms with E-state index in [0.717, 1.165) is 32.1 Å². The second-order valence-corrected chi connectivity index (χ2v) is 17.0. The Hall–Kier alpha value is -1.17. The van der Waals surface area contributed by atoms with Crippen molar-refractivity contribution in [2.24, 2.45) is 0 Å². The lowest BCUT2D eigenvalue weighted by molar-refractivity contribution is -0.123. The molecule has 2 atom stereocenters. The molecular weight excluding hydrogens is 679 g/mol. The zero-order valence-electron chi connectivity index (χ0n) is 36.9. The lowest BCUT2D eigenvalue weighted by atomic mass is 10.0. The number of allylic oxidation sites excluding steroid dienone is 3. The number of hydrogen-bond donors (Lipinski definition) is 4. The van der Waals surface area contributed by atoms with E-state index in [0.29, 0.717) is 13.0 Å². The van der Waals surface area contributed by atoms with Crippen LogP contribution in [-0.2, 0) is 4.79 Å². The van der Waals surface area contributed by atoms with Crippen LogP contribution in [0.15, 0.2) is 24.3 Å². The Morgan fingerprint density at radius 2 is 0.745 bits per heavy atom. The first-order valence-corrected chi connectivity index (χ1v) is 24.7. The van der Waals surface area contributed by atoms with Crippen molar-refractivity contribution in [2.45, 2.75) is 276 Å². The topological polar surface area (TPSA) is 89.8 Å². The molecule has 0 saturated carbocycles. The number of aliphatic hydroxyl groups is 3. The maximum absolute atomic E-state index is 12.4. The van der Waals surface area contributed by atoms with Crippen molar-refractivity contribution in [2.75, 3.05) is 13.2 Å². The van der Waals surface area contributed by atoms with E-state index in [4.69, 9.17) is 5.11 Å². The van der Waals surface area contributed by atoms with E-state index in [1.165, 1.54) is 218 Å². The summed E-state index contributed by atoms with van der Waals surface area (Å²) in [7, 11) is 0.